The van der Waals surface area contributed by atoms with E-state index in [4.69, 9.17) is 0 Å². The summed E-state index contributed by atoms with van der Waals surface area (Å²) in [6.45, 7) is 6.50. The van der Waals surface area contributed by atoms with Gasteiger partial charge in [0.25, 0.3) is 0 Å². The Balaban J connectivity index is 1.69. The van der Waals surface area contributed by atoms with Crippen LogP contribution in [0.3, 0.4) is 0 Å². The van der Waals surface area contributed by atoms with Crippen LogP contribution in [0.5, 0.6) is 0 Å². The largest absolute Gasteiger partial charge is 0.341 e. The van der Waals surface area contributed by atoms with Crippen molar-refractivity contribution in [2.75, 3.05) is 19.6 Å². The SMILES string of the molecule is CC[NH+]1CCC([NH2+]C2CCCCCC2)CC1. The van der Waals surface area contributed by atoms with Crippen molar-refractivity contribution >= 4 is 0 Å². The summed E-state index contributed by atoms with van der Waals surface area (Å²) in [5, 5.41) is 2.75. The third-order valence-corrected chi connectivity index (χ3v) is 4.68. The molecule has 2 fully saturated rings. The van der Waals surface area contributed by atoms with Crippen LogP contribution in [0.4, 0.5) is 0 Å². The normalized spacial score (nSPS) is 33.6. The van der Waals surface area contributed by atoms with Crippen molar-refractivity contribution in [2.45, 2.75) is 70.4 Å². The minimum atomic E-state index is 0.957. The number of likely N-dealkylation sites (tertiary alicyclic amines) is 1. The molecular formula is C14H30N2+2. The van der Waals surface area contributed by atoms with Gasteiger partial charge in [-0.15, -0.1) is 0 Å². The van der Waals surface area contributed by atoms with E-state index >= 15 is 0 Å². The molecule has 2 heteroatoms. The highest BCUT2D eigenvalue weighted by Crippen LogP contribution is 2.15. The minimum Gasteiger partial charge on any atom is -0.341 e. The zero-order chi connectivity index (χ0) is 11.2. The molecule has 0 aromatic heterocycles. The molecule has 1 aliphatic heterocycles. The summed E-state index contributed by atoms with van der Waals surface area (Å²) < 4.78 is 0. The number of rotatable bonds is 3. The number of piperidine rings is 1. The predicted octanol–water partition coefficient (Wildman–Crippen LogP) is 0.340. The highest BCUT2D eigenvalue weighted by Gasteiger charge is 2.26. The van der Waals surface area contributed by atoms with Crippen LogP contribution in [0.15, 0.2) is 0 Å². The molecule has 0 radical (unpaired) electrons. The monoisotopic (exact) mass is 226 g/mol. The molecular weight excluding hydrogens is 196 g/mol. The maximum atomic E-state index is 2.75. The Bertz CT molecular complexity index is 177. The average molecular weight is 226 g/mol. The molecule has 0 aromatic carbocycles. The van der Waals surface area contributed by atoms with Gasteiger partial charge in [-0.3, -0.25) is 0 Å². The summed E-state index contributed by atoms with van der Waals surface area (Å²) in [5.74, 6) is 0. The van der Waals surface area contributed by atoms with Crippen molar-refractivity contribution in [2.24, 2.45) is 0 Å². The van der Waals surface area contributed by atoms with Crippen LogP contribution < -0.4 is 10.2 Å². The van der Waals surface area contributed by atoms with Crippen LogP contribution in [-0.2, 0) is 0 Å². The first-order valence-electron chi connectivity index (χ1n) is 7.57. The van der Waals surface area contributed by atoms with Crippen LogP contribution in [0.2, 0.25) is 0 Å². The summed E-state index contributed by atoms with van der Waals surface area (Å²) in [6, 6.07) is 1.93. The van der Waals surface area contributed by atoms with Gasteiger partial charge >= 0.3 is 0 Å². The molecule has 1 aliphatic carbocycles. The van der Waals surface area contributed by atoms with Crippen molar-refractivity contribution in [3.05, 3.63) is 0 Å². The molecule has 0 amide bonds. The number of hydrogen-bond donors (Lipinski definition) is 2. The van der Waals surface area contributed by atoms with E-state index in [1.54, 1.807) is 0 Å². The topological polar surface area (TPSA) is 21.1 Å². The van der Waals surface area contributed by atoms with Gasteiger partial charge in [0.05, 0.1) is 31.7 Å². The van der Waals surface area contributed by atoms with Gasteiger partial charge in [-0.2, -0.15) is 0 Å². The zero-order valence-corrected chi connectivity index (χ0v) is 11.0. The van der Waals surface area contributed by atoms with Crippen LogP contribution in [-0.4, -0.2) is 31.7 Å². The molecule has 1 saturated heterocycles. The van der Waals surface area contributed by atoms with E-state index in [-0.39, 0.29) is 0 Å². The van der Waals surface area contributed by atoms with Gasteiger partial charge in [-0.05, 0) is 32.6 Å². The van der Waals surface area contributed by atoms with Gasteiger partial charge in [0.1, 0.15) is 0 Å². The lowest BCUT2D eigenvalue weighted by Gasteiger charge is -2.29. The molecule has 0 bridgehead atoms. The van der Waals surface area contributed by atoms with Crippen molar-refractivity contribution in [1.29, 1.82) is 0 Å². The lowest BCUT2D eigenvalue weighted by atomic mass is 10.0. The third-order valence-electron chi connectivity index (χ3n) is 4.68. The minimum absolute atomic E-state index is 0.957. The number of hydrogen-bond acceptors (Lipinski definition) is 0. The van der Waals surface area contributed by atoms with E-state index in [9.17, 15) is 0 Å². The van der Waals surface area contributed by atoms with Crippen molar-refractivity contribution in [1.82, 2.24) is 0 Å². The van der Waals surface area contributed by atoms with Crippen molar-refractivity contribution in [3.8, 4) is 0 Å². The van der Waals surface area contributed by atoms with E-state index in [2.05, 4.69) is 12.2 Å². The van der Waals surface area contributed by atoms with Gasteiger partial charge in [0, 0.05) is 12.8 Å². The van der Waals surface area contributed by atoms with Crippen LogP contribution in [0.1, 0.15) is 58.3 Å². The molecule has 0 atom stereocenters. The van der Waals surface area contributed by atoms with Crippen LogP contribution >= 0.6 is 0 Å². The standard InChI is InChI=1S/C14H28N2/c1-2-16-11-9-14(10-12-16)15-13-7-5-3-4-6-8-13/h13-15H,2-12H2,1H3/p+2. The number of nitrogens with two attached hydrogens (primary N) is 1. The molecule has 2 nitrogen and oxygen atoms in total. The molecule has 94 valence electrons. The molecule has 3 N–H and O–H groups in total. The summed E-state index contributed by atoms with van der Waals surface area (Å²) in [4.78, 5) is 1.82. The Morgan fingerprint density at radius 2 is 1.44 bits per heavy atom. The quantitative estimate of drug-likeness (QED) is 0.648. The van der Waals surface area contributed by atoms with E-state index in [0.717, 1.165) is 12.1 Å². The average Bonchev–Trinajstić information content (AvgIpc) is 2.59. The molecule has 0 unspecified atom stereocenters. The molecule has 1 heterocycles. The lowest BCUT2D eigenvalue weighted by molar-refractivity contribution is -0.912. The van der Waals surface area contributed by atoms with E-state index in [1.807, 2.05) is 4.90 Å². The Morgan fingerprint density at radius 3 is 2.00 bits per heavy atom. The second-order valence-electron chi connectivity index (χ2n) is 5.89. The van der Waals surface area contributed by atoms with Crippen molar-refractivity contribution in [3.63, 3.8) is 0 Å². The summed E-state index contributed by atoms with van der Waals surface area (Å²) in [7, 11) is 0. The van der Waals surface area contributed by atoms with E-state index in [1.165, 1.54) is 71.0 Å². The maximum absolute atomic E-state index is 2.75. The van der Waals surface area contributed by atoms with Gasteiger partial charge in [0.15, 0.2) is 0 Å². The Morgan fingerprint density at radius 1 is 0.875 bits per heavy atom. The molecule has 2 rings (SSSR count). The molecule has 16 heavy (non-hydrogen) atoms. The predicted molar refractivity (Wildman–Crippen MR) is 67.7 cm³/mol. The summed E-state index contributed by atoms with van der Waals surface area (Å²) in [6.07, 6.45) is 11.8. The number of quaternary nitrogens is 2. The fourth-order valence-corrected chi connectivity index (χ4v) is 3.48. The van der Waals surface area contributed by atoms with Crippen LogP contribution in [0, 0.1) is 0 Å². The zero-order valence-electron chi connectivity index (χ0n) is 11.0. The van der Waals surface area contributed by atoms with Crippen molar-refractivity contribution < 1.29 is 10.2 Å². The van der Waals surface area contributed by atoms with E-state index < -0.39 is 0 Å². The van der Waals surface area contributed by atoms with Gasteiger partial charge in [-0.25, -0.2) is 0 Å². The molecule has 2 aliphatic rings. The summed E-state index contributed by atoms with van der Waals surface area (Å²) >= 11 is 0. The smallest absolute Gasteiger partial charge is 0.0969 e. The second-order valence-corrected chi connectivity index (χ2v) is 5.89. The van der Waals surface area contributed by atoms with Gasteiger partial charge in [-0.1, -0.05) is 12.8 Å². The van der Waals surface area contributed by atoms with E-state index in [0.29, 0.717) is 0 Å². The highest BCUT2D eigenvalue weighted by molar-refractivity contribution is 4.64. The fourth-order valence-electron chi connectivity index (χ4n) is 3.48. The first kappa shape index (κ1) is 12.4. The van der Waals surface area contributed by atoms with Gasteiger partial charge < -0.3 is 10.2 Å². The maximum Gasteiger partial charge on any atom is 0.0969 e. The summed E-state index contributed by atoms with van der Waals surface area (Å²) in [5.41, 5.74) is 0. The Kier molecular flexibility index (Phi) is 5.11. The number of nitrogens with one attached hydrogen (secondary N) is 1. The Labute approximate surface area is 101 Å². The third kappa shape index (κ3) is 3.74. The first-order valence-corrected chi connectivity index (χ1v) is 7.57. The lowest BCUT2D eigenvalue weighted by Crippen LogP contribution is -3.14. The first-order chi connectivity index (χ1) is 7.88. The molecule has 1 saturated carbocycles. The Hall–Kier alpha value is -0.0800. The molecule has 0 aromatic rings. The van der Waals surface area contributed by atoms with Crippen LogP contribution in [0.25, 0.3) is 0 Å². The highest BCUT2D eigenvalue weighted by atomic mass is 15.1. The van der Waals surface area contributed by atoms with Gasteiger partial charge in [0.2, 0.25) is 0 Å². The molecule has 0 spiro atoms. The fraction of sp³-hybridized carbons (Fsp3) is 1.00. The second kappa shape index (κ2) is 6.61.